The highest BCUT2D eigenvalue weighted by Crippen LogP contribution is 2.37. The zero-order chi connectivity index (χ0) is 17.8. The number of hydrogen-bond acceptors (Lipinski definition) is 3. The molecule has 3 heteroatoms. The van der Waals surface area contributed by atoms with Crippen molar-refractivity contribution in [3.05, 3.63) is 70.8 Å². The second-order valence-corrected chi connectivity index (χ2v) is 6.86. The van der Waals surface area contributed by atoms with Gasteiger partial charge in [0.25, 0.3) is 0 Å². The Bertz CT molecular complexity index is 805. The van der Waals surface area contributed by atoms with Crippen molar-refractivity contribution in [1.29, 1.82) is 0 Å². The van der Waals surface area contributed by atoms with Crippen LogP contribution in [-0.4, -0.2) is 31.3 Å². The van der Waals surface area contributed by atoms with Crippen LogP contribution in [0.25, 0.3) is 5.57 Å². The molecule has 3 nitrogen and oxygen atoms in total. The Hall–Kier alpha value is -2.39. The highest BCUT2D eigenvalue weighted by molar-refractivity contribution is 5.86. The molecular formula is C22H25NO2. The molecule has 25 heavy (non-hydrogen) atoms. The fourth-order valence-corrected chi connectivity index (χ4v) is 3.21. The summed E-state index contributed by atoms with van der Waals surface area (Å²) in [5, 5.41) is 0. The zero-order valence-corrected chi connectivity index (χ0v) is 15.2. The highest BCUT2D eigenvalue weighted by atomic mass is 16.5. The molecule has 0 unspecified atom stereocenters. The van der Waals surface area contributed by atoms with Crippen LogP contribution in [-0.2, 0) is 17.8 Å². The van der Waals surface area contributed by atoms with Gasteiger partial charge in [-0.15, -0.1) is 0 Å². The second kappa shape index (κ2) is 7.66. The summed E-state index contributed by atoms with van der Waals surface area (Å²) < 4.78 is 6.06. The smallest absolute Gasteiger partial charge is 0.134 e. The third kappa shape index (κ3) is 4.18. The lowest BCUT2D eigenvalue weighted by molar-refractivity contribution is -0.116. The fraction of sp³-hybridized carbons (Fsp3) is 0.318. The Kier molecular flexibility index (Phi) is 5.34. The standard InChI is InChI=1S/C22H25NO2/c1-16(24)13-17-10-11-22-21(14-17)20(9-6-12-23(2)3)19-8-5-4-7-18(19)15-25-22/h4-5,7-11,14H,6,12-13,15H2,1-3H3/b20-9-. The minimum absolute atomic E-state index is 0.174. The summed E-state index contributed by atoms with van der Waals surface area (Å²) in [5.41, 5.74) is 5.74. The quantitative estimate of drug-likeness (QED) is 0.824. The molecule has 0 saturated heterocycles. The summed E-state index contributed by atoms with van der Waals surface area (Å²) in [5.74, 6) is 1.06. The summed E-state index contributed by atoms with van der Waals surface area (Å²) in [4.78, 5) is 13.7. The van der Waals surface area contributed by atoms with E-state index in [1.54, 1.807) is 6.92 Å². The first kappa shape index (κ1) is 17.4. The number of benzene rings is 2. The predicted octanol–water partition coefficient (Wildman–Crippen LogP) is 4.09. The van der Waals surface area contributed by atoms with Gasteiger partial charge in [-0.25, -0.2) is 0 Å². The van der Waals surface area contributed by atoms with Gasteiger partial charge in [-0.1, -0.05) is 36.4 Å². The van der Waals surface area contributed by atoms with Crippen LogP contribution in [0, 0.1) is 0 Å². The summed E-state index contributed by atoms with van der Waals surface area (Å²) in [6, 6.07) is 14.5. The van der Waals surface area contributed by atoms with Crippen molar-refractivity contribution in [1.82, 2.24) is 4.90 Å². The molecule has 0 saturated carbocycles. The Morgan fingerprint density at radius 2 is 1.96 bits per heavy atom. The molecule has 0 bridgehead atoms. The number of carbonyl (C=O) groups is 1. The normalized spacial score (nSPS) is 14.6. The van der Waals surface area contributed by atoms with Gasteiger partial charge >= 0.3 is 0 Å². The van der Waals surface area contributed by atoms with Crippen LogP contribution in [0.4, 0.5) is 0 Å². The number of ketones is 1. The molecular weight excluding hydrogens is 310 g/mol. The minimum Gasteiger partial charge on any atom is -0.488 e. The molecule has 0 spiro atoms. The van der Waals surface area contributed by atoms with E-state index in [4.69, 9.17) is 4.74 Å². The minimum atomic E-state index is 0.174. The van der Waals surface area contributed by atoms with Crippen molar-refractivity contribution in [2.75, 3.05) is 20.6 Å². The first-order valence-corrected chi connectivity index (χ1v) is 8.73. The summed E-state index contributed by atoms with van der Waals surface area (Å²) in [7, 11) is 4.17. The van der Waals surface area contributed by atoms with Gasteiger partial charge in [0.15, 0.2) is 0 Å². The van der Waals surface area contributed by atoms with Crippen LogP contribution >= 0.6 is 0 Å². The lowest BCUT2D eigenvalue weighted by Gasteiger charge is -2.13. The van der Waals surface area contributed by atoms with Crippen molar-refractivity contribution < 1.29 is 9.53 Å². The molecule has 0 atom stereocenters. The molecule has 0 aromatic heterocycles. The number of nitrogens with zero attached hydrogens (tertiary/aromatic N) is 1. The van der Waals surface area contributed by atoms with E-state index in [9.17, 15) is 4.79 Å². The van der Waals surface area contributed by atoms with Gasteiger partial charge in [0.1, 0.15) is 18.1 Å². The van der Waals surface area contributed by atoms with Gasteiger partial charge < -0.3 is 9.64 Å². The number of ether oxygens (including phenoxy) is 1. The van der Waals surface area contributed by atoms with Crippen LogP contribution in [0.15, 0.2) is 48.5 Å². The topological polar surface area (TPSA) is 29.5 Å². The maximum absolute atomic E-state index is 11.5. The molecule has 2 aromatic rings. The molecule has 0 fully saturated rings. The second-order valence-electron chi connectivity index (χ2n) is 6.86. The Balaban J connectivity index is 2.08. The molecule has 130 valence electrons. The largest absolute Gasteiger partial charge is 0.488 e. The Labute approximate surface area is 149 Å². The van der Waals surface area contributed by atoms with Crippen LogP contribution in [0.3, 0.4) is 0 Å². The van der Waals surface area contributed by atoms with E-state index in [1.807, 2.05) is 12.1 Å². The lowest BCUT2D eigenvalue weighted by atomic mass is 9.92. The van der Waals surface area contributed by atoms with E-state index in [0.717, 1.165) is 29.8 Å². The molecule has 0 amide bonds. The monoisotopic (exact) mass is 335 g/mol. The third-order valence-corrected chi connectivity index (χ3v) is 4.40. The number of carbonyl (C=O) groups excluding carboxylic acids is 1. The number of fused-ring (bicyclic) bond motifs is 2. The van der Waals surface area contributed by atoms with E-state index in [2.05, 4.69) is 55.4 Å². The average Bonchev–Trinajstić information content (AvgIpc) is 2.72. The summed E-state index contributed by atoms with van der Waals surface area (Å²) in [6.45, 7) is 3.19. The van der Waals surface area contributed by atoms with E-state index in [0.29, 0.717) is 13.0 Å². The number of hydrogen-bond donors (Lipinski definition) is 0. The summed E-state index contributed by atoms with van der Waals surface area (Å²) >= 11 is 0. The van der Waals surface area contributed by atoms with E-state index in [-0.39, 0.29) is 5.78 Å². The molecule has 1 aliphatic rings. The van der Waals surface area contributed by atoms with Gasteiger partial charge in [0, 0.05) is 18.5 Å². The van der Waals surface area contributed by atoms with Crippen LogP contribution in [0.1, 0.15) is 35.6 Å². The maximum atomic E-state index is 11.5. The van der Waals surface area contributed by atoms with Crippen molar-refractivity contribution in [3.63, 3.8) is 0 Å². The van der Waals surface area contributed by atoms with Gasteiger partial charge in [-0.2, -0.15) is 0 Å². The lowest BCUT2D eigenvalue weighted by Crippen LogP contribution is -2.12. The van der Waals surface area contributed by atoms with Gasteiger partial charge in [-0.05, 0) is 61.8 Å². The predicted molar refractivity (Wildman–Crippen MR) is 102 cm³/mol. The molecule has 0 radical (unpaired) electrons. The van der Waals surface area contributed by atoms with E-state index >= 15 is 0 Å². The Morgan fingerprint density at radius 3 is 2.72 bits per heavy atom. The van der Waals surface area contributed by atoms with Crippen LogP contribution in [0.2, 0.25) is 0 Å². The maximum Gasteiger partial charge on any atom is 0.134 e. The SMILES string of the molecule is CC(=O)Cc1ccc2c(c1)/C(=C\CCN(C)C)c1ccccc1CO2. The van der Waals surface area contributed by atoms with Gasteiger partial charge in [-0.3, -0.25) is 4.79 Å². The van der Waals surface area contributed by atoms with Gasteiger partial charge in [0.05, 0.1) is 0 Å². The first-order valence-electron chi connectivity index (χ1n) is 8.73. The molecule has 0 N–H and O–H groups in total. The number of rotatable bonds is 5. The van der Waals surface area contributed by atoms with Crippen molar-refractivity contribution in [2.24, 2.45) is 0 Å². The summed E-state index contributed by atoms with van der Waals surface area (Å²) in [6.07, 6.45) is 3.72. The average molecular weight is 335 g/mol. The molecule has 0 aliphatic carbocycles. The molecule has 1 heterocycles. The zero-order valence-electron chi connectivity index (χ0n) is 15.2. The molecule has 3 rings (SSSR count). The van der Waals surface area contributed by atoms with Crippen LogP contribution in [0.5, 0.6) is 5.75 Å². The van der Waals surface area contributed by atoms with Crippen molar-refractivity contribution >= 4 is 11.4 Å². The van der Waals surface area contributed by atoms with Gasteiger partial charge in [0.2, 0.25) is 0 Å². The van der Waals surface area contributed by atoms with Crippen molar-refractivity contribution in [3.8, 4) is 5.75 Å². The third-order valence-electron chi connectivity index (χ3n) is 4.40. The van der Waals surface area contributed by atoms with Crippen molar-refractivity contribution in [2.45, 2.75) is 26.4 Å². The van der Waals surface area contributed by atoms with E-state index < -0.39 is 0 Å². The molecule has 1 aliphatic heterocycles. The number of Topliss-reactive ketones (excluding diaryl/α,β-unsaturated/α-hetero) is 1. The molecule has 2 aromatic carbocycles. The van der Waals surface area contributed by atoms with Crippen LogP contribution < -0.4 is 4.74 Å². The highest BCUT2D eigenvalue weighted by Gasteiger charge is 2.19. The first-order chi connectivity index (χ1) is 12.0. The van der Waals surface area contributed by atoms with E-state index in [1.165, 1.54) is 16.7 Å². The fourth-order valence-electron chi connectivity index (χ4n) is 3.21. The Morgan fingerprint density at radius 1 is 1.16 bits per heavy atom.